The van der Waals surface area contributed by atoms with Crippen molar-refractivity contribution >= 4 is 47.8 Å². The average Bonchev–Trinajstić information content (AvgIpc) is 2.66. The van der Waals surface area contributed by atoms with E-state index >= 15 is 0 Å². The third-order valence-electron chi connectivity index (χ3n) is 2.48. The molecule has 1 atom stereocenters. The van der Waals surface area contributed by atoms with Gasteiger partial charge in [-0.25, -0.2) is 13.1 Å². The molecular formula is C10H10Br2N2O3S. The van der Waals surface area contributed by atoms with E-state index in [1.807, 2.05) is 0 Å². The van der Waals surface area contributed by atoms with E-state index < -0.39 is 16.1 Å². The Hall–Kier alpha value is -0.440. The average molecular weight is 398 g/mol. The van der Waals surface area contributed by atoms with Crippen molar-refractivity contribution in [3.63, 3.8) is 0 Å². The maximum atomic E-state index is 12.2. The van der Waals surface area contributed by atoms with Gasteiger partial charge in [0, 0.05) is 28.0 Å². The summed E-state index contributed by atoms with van der Waals surface area (Å²) >= 11 is 6.44. The summed E-state index contributed by atoms with van der Waals surface area (Å²) in [6, 6.07) is 4.50. The molecule has 98 valence electrons. The molecule has 1 aromatic rings. The summed E-state index contributed by atoms with van der Waals surface area (Å²) in [5, 5.41) is 2.58. The number of carbonyl (C=O) groups is 1. The highest BCUT2D eigenvalue weighted by atomic mass is 79.9. The zero-order valence-electron chi connectivity index (χ0n) is 9.11. The molecule has 0 spiro atoms. The van der Waals surface area contributed by atoms with Crippen LogP contribution >= 0.6 is 31.9 Å². The Morgan fingerprint density at radius 1 is 1.33 bits per heavy atom. The lowest BCUT2D eigenvalue weighted by molar-refractivity contribution is -0.119. The van der Waals surface area contributed by atoms with E-state index in [0.29, 0.717) is 15.5 Å². The van der Waals surface area contributed by atoms with E-state index in [9.17, 15) is 13.2 Å². The predicted molar refractivity (Wildman–Crippen MR) is 73.6 cm³/mol. The van der Waals surface area contributed by atoms with Gasteiger partial charge in [-0.3, -0.25) is 4.79 Å². The minimum Gasteiger partial charge on any atom is -0.354 e. The third-order valence-corrected chi connectivity index (χ3v) is 5.49. The smallest absolute Gasteiger partial charge is 0.242 e. The van der Waals surface area contributed by atoms with E-state index in [1.165, 1.54) is 6.07 Å². The number of hydrogen-bond donors (Lipinski definition) is 2. The normalized spacial score (nSPS) is 19.9. The van der Waals surface area contributed by atoms with Gasteiger partial charge in [-0.2, -0.15) is 0 Å². The van der Waals surface area contributed by atoms with Crippen molar-refractivity contribution in [3.05, 3.63) is 27.1 Å². The highest BCUT2D eigenvalue weighted by Crippen LogP contribution is 2.26. The Morgan fingerprint density at radius 2 is 2.06 bits per heavy atom. The summed E-state index contributed by atoms with van der Waals surface area (Å²) < 4.78 is 28.0. The van der Waals surface area contributed by atoms with E-state index in [4.69, 9.17) is 0 Å². The van der Waals surface area contributed by atoms with Gasteiger partial charge in [0.2, 0.25) is 15.9 Å². The number of nitrogens with one attached hydrogen (secondary N) is 2. The van der Waals surface area contributed by atoms with Gasteiger partial charge >= 0.3 is 0 Å². The lowest BCUT2D eigenvalue weighted by atomic mass is 10.3. The summed E-state index contributed by atoms with van der Waals surface area (Å²) in [5.74, 6) is -0.143. The molecule has 1 amide bonds. The quantitative estimate of drug-likeness (QED) is 0.808. The molecule has 0 saturated carbocycles. The fourth-order valence-corrected chi connectivity index (χ4v) is 4.39. The van der Waals surface area contributed by atoms with Crippen molar-refractivity contribution in [1.29, 1.82) is 0 Å². The second-order valence-corrected chi connectivity index (χ2v) is 7.35. The maximum absolute atomic E-state index is 12.2. The van der Waals surface area contributed by atoms with Gasteiger partial charge in [-0.1, -0.05) is 15.9 Å². The van der Waals surface area contributed by atoms with Crippen LogP contribution in [0.15, 0.2) is 32.0 Å². The molecule has 1 fully saturated rings. The number of halogens is 2. The fourth-order valence-electron chi connectivity index (χ4n) is 1.65. The molecule has 1 aromatic carbocycles. The molecule has 1 heterocycles. The van der Waals surface area contributed by atoms with Crippen LogP contribution in [0.5, 0.6) is 0 Å². The van der Waals surface area contributed by atoms with Gasteiger partial charge < -0.3 is 5.32 Å². The Morgan fingerprint density at radius 3 is 2.67 bits per heavy atom. The molecule has 0 aliphatic carbocycles. The van der Waals surface area contributed by atoms with E-state index in [1.54, 1.807) is 12.1 Å². The molecule has 8 heteroatoms. The number of carbonyl (C=O) groups excluding carboxylic acids is 1. The van der Waals surface area contributed by atoms with Crippen molar-refractivity contribution in [2.75, 3.05) is 6.54 Å². The van der Waals surface area contributed by atoms with Crippen molar-refractivity contribution in [2.24, 2.45) is 0 Å². The van der Waals surface area contributed by atoms with Crippen molar-refractivity contribution in [1.82, 2.24) is 10.0 Å². The lowest BCUT2D eigenvalue weighted by Crippen LogP contribution is -2.36. The minimum absolute atomic E-state index is 0.143. The predicted octanol–water partition coefficient (Wildman–Crippen LogP) is 1.38. The topological polar surface area (TPSA) is 75.3 Å². The van der Waals surface area contributed by atoms with Gasteiger partial charge in [0.05, 0.1) is 4.90 Å². The van der Waals surface area contributed by atoms with Crippen LogP contribution in [0.25, 0.3) is 0 Å². The van der Waals surface area contributed by atoms with E-state index in [0.717, 1.165) is 0 Å². The van der Waals surface area contributed by atoms with Crippen molar-refractivity contribution in [2.45, 2.75) is 17.4 Å². The highest BCUT2D eigenvalue weighted by Gasteiger charge is 2.27. The Labute approximate surface area is 122 Å². The first-order chi connectivity index (χ1) is 8.38. The first-order valence-corrected chi connectivity index (χ1v) is 8.19. The standard InChI is InChI=1S/C10H10Br2N2O3S/c11-6-1-2-8(12)9(3-6)18(16,17)14-7-4-10(15)13-5-7/h1-3,7,14H,4-5H2,(H,13,15). The van der Waals surface area contributed by atoms with E-state index in [-0.39, 0.29) is 17.2 Å². The molecule has 1 aliphatic rings. The van der Waals surface area contributed by atoms with Crippen LogP contribution in [0.2, 0.25) is 0 Å². The van der Waals surface area contributed by atoms with E-state index in [2.05, 4.69) is 41.9 Å². The van der Waals surface area contributed by atoms with Crippen molar-refractivity contribution in [3.8, 4) is 0 Å². The van der Waals surface area contributed by atoms with Gasteiger partial charge in [-0.05, 0) is 34.1 Å². The largest absolute Gasteiger partial charge is 0.354 e. The second kappa shape index (κ2) is 5.28. The van der Waals surface area contributed by atoms with Crippen LogP contribution < -0.4 is 10.0 Å². The third kappa shape index (κ3) is 3.11. The molecule has 2 N–H and O–H groups in total. The number of rotatable bonds is 3. The summed E-state index contributed by atoms with van der Waals surface area (Å²) in [6.45, 7) is 0.323. The van der Waals surface area contributed by atoms with Gasteiger partial charge in [0.25, 0.3) is 0 Å². The Balaban J connectivity index is 2.25. The Kier molecular flexibility index (Phi) is 4.10. The van der Waals surface area contributed by atoms with Gasteiger partial charge in [0.1, 0.15) is 0 Å². The zero-order chi connectivity index (χ0) is 13.3. The van der Waals surface area contributed by atoms with Crippen LogP contribution in [0.4, 0.5) is 0 Å². The SMILES string of the molecule is O=C1CC(NS(=O)(=O)c2cc(Br)ccc2Br)CN1. The molecule has 5 nitrogen and oxygen atoms in total. The Bertz CT molecular complexity index is 589. The molecule has 18 heavy (non-hydrogen) atoms. The first kappa shape index (κ1) is 14.0. The summed E-state index contributed by atoms with van der Waals surface area (Å²) in [7, 11) is -3.64. The number of hydrogen-bond acceptors (Lipinski definition) is 3. The zero-order valence-corrected chi connectivity index (χ0v) is 13.1. The summed E-state index contributed by atoms with van der Waals surface area (Å²) in [6.07, 6.45) is 0.171. The second-order valence-electron chi connectivity index (χ2n) is 3.90. The number of amides is 1. The van der Waals surface area contributed by atoms with Crippen LogP contribution in [0, 0.1) is 0 Å². The molecular weight excluding hydrogens is 388 g/mol. The number of sulfonamides is 1. The number of benzene rings is 1. The molecule has 0 radical (unpaired) electrons. The molecule has 1 aliphatic heterocycles. The molecule has 0 aromatic heterocycles. The monoisotopic (exact) mass is 396 g/mol. The highest BCUT2D eigenvalue weighted by molar-refractivity contribution is 9.11. The summed E-state index contributed by atoms with van der Waals surface area (Å²) in [5.41, 5.74) is 0. The van der Waals surface area contributed by atoms with Crippen LogP contribution in [0.3, 0.4) is 0 Å². The van der Waals surface area contributed by atoms with Crippen LogP contribution in [-0.2, 0) is 14.8 Å². The van der Waals surface area contributed by atoms with Crippen LogP contribution in [0.1, 0.15) is 6.42 Å². The fraction of sp³-hybridized carbons (Fsp3) is 0.300. The lowest BCUT2D eigenvalue weighted by Gasteiger charge is -2.12. The molecule has 1 unspecified atom stereocenters. The maximum Gasteiger partial charge on any atom is 0.242 e. The molecule has 1 saturated heterocycles. The van der Waals surface area contributed by atoms with Gasteiger partial charge in [-0.15, -0.1) is 0 Å². The molecule has 2 rings (SSSR count). The first-order valence-electron chi connectivity index (χ1n) is 5.12. The van der Waals surface area contributed by atoms with Crippen LogP contribution in [-0.4, -0.2) is 26.9 Å². The molecule has 0 bridgehead atoms. The van der Waals surface area contributed by atoms with Crippen molar-refractivity contribution < 1.29 is 13.2 Å². The minimum atomic E-state index is -3.64. The summed E-state index contributed by atoms with van der Waals surface area (Å²) in [4.78, 5) is 11.2. The van der Waals surface area contributed by atoms with Gasteiger partial charge in [0.15, 0.2) is 0 Å².